The van der Waals surface area contributed by atoms with Crippen molar-refractivity contribution in [2.24, 2.45) is 12.5 Å². The van der Waals surface area contributed by atoms with Crippen LogP contribution in [0.1, 0.15) is 47.2 Å². The first-order valence-electron chi connectivity index (χ1n) is 15.5. The third kappa shape index (κ3) is 6.13. The molecule has 49 heavy (non-hydrogen) atoms. The molecule has 1 unspecified atom stereocenters. The minimum Gasteiger partial charge on any atom is -0.478 e. The first-order valence-corrected chi connectivity index (χ1v) is 15.5. The molecule has 10 nitrogen and oxygen atoms in total. The van der Waals surface area contributed by atoms with Gasteiger partial charge in [0.25, 0.3) is 0 Å². The highest BCUT2D eigenvalue weighted by molar-refractivity contribution is 5.92. The summed E-state index contributed by atoms with van der Waals surface area (Å²) in [5.41, 5.74) is 2.58. The summed E-state index contributed by atoms with van der Waals surface area (Å²) in [4.78, 5) is 20.8. The minimum atomic E-state index is -1.08. The summed E-state index contributed by atoms with van der Waals surface area (Å²) in [6.45, 7) is 4.78. The summed E-state index contributed by atoms with van der Waals surface area (Å²) < 4.78 is 61.3. The third-order valence-electron chi connectivity index (χ3n) is 8.90. The normalized spacial score (nSPS) is 15.6. The molecule has 3 aromatic heterocycles. The maximum absolute atomic E-state index is 15.7. The van der Waals surface area contributed by atoms with Gasteiger partial charge in [0, 0.05) is 41.6 Å². The van der Waals surface area contributed by atoms with Crippen molar-refractivity contribution in [3.63, 3.8) is 0 Å². The van der Waals surface area contributed by atoms with E-state index in [0.29, 0.717) is 41.3 Å². The molecule has 0 bridgehead atoms. The van der Waals surface area contributed by atoms with Gasteiger partial charge in [0.2, 0.25) is 5.88 Å². The van der Waals surface area contributed by atoms with E-state index in [1.54, 1.807) is 43.4 Å². The number of hydrogen-bond acceptors (Lipinski definition) is 7. The van der Waals surface area contributed by atoms with E-state index in [0.717, 1.165) is 12.1 Å². The highest BCUT2D eigenvalue weighted by atomic mass is 19.1. The average Bonchev–Trinajstić information content (AvgIpc) is 3.76. The summed E-state index contributed by atoms with van der Waals surface area (Å²) in [5.74, 6) is -2.37. The average molecular weight is 669 g/mol. The molecule has 6 aromatic rings. The van der Waals surface area contributed by atoms with Gasteiger partial charge >= 0.3 is 5.97 Å². The number of carboxylic acids is 1. The molecule has 0 amide bonds. The van der Waals surface area contributed by atoms with Gasteiger partial charge in [0.15, 0.2) is 0 Å². The molecule has 7 rings (SSSR count). The van der Waals surface area contributed by atoms with E-state index in [4.69, 9.17) is 14.5 Å². The van der Waals surface area contributed by atoms with Crippen molar-refractivity contribution in [3.8, 4) is 28.4 Å². The Kier molecular flexibility index (Phi) is 8.15. The second-order valence-corrected chi connectivity index (χ2v) is 12.7. The summed E-state index contributed by atoms with van der Waals surface area (Å²) in [5, 5.41) is 17.3. The van der Waals surface area contributed by atoms with Crippen LogP contribution in [0, 0.1) is 22.9 Å². The van der Waals surface area contributed by atoms with Crippen molar-refractivity contribution in [1.29, 1.82) is 0 Å². The van der Waals surface area contributed by atoms with Crippen molar-refractivity contribution in [3.05, 3.63) is 113 Å². The zero-order valence-corrected chi connectivity index (χ0v) is 26.8. The van der Waals surface area contributed by atoms with Crippen LogP contribution in [-0.4, -0.2) is 53.8 Å². The molecule has 0 aliphatic carbocycles. The molecule has 13 heteroatoms. The summed E-state index contributed by atoms with van der Waals surface area (Å²) in [7, 11) is 1.71. The zero-order chi connectivity index (χ0) is 34.4. The van der Waals surface area contributed by atoms with Crippen LogP contribution in [-0.2, 0) is 24.8 Å². The number of nitrogens with zero attached hydrogens (tertiary/aromatic N) is 6. The monoisotopic (exact) mass is 668 g/mol. The number of imidazole rings is 1. The number of aromatic carboxylic acids is 1. The van der Waals surface area contributed by atoms with E-state index in [9.17, 15) is 14.3 Å². The van der Waals surface area contributed by atoms with Gasteiger partial charge in [-0.3, -0.25) is 0 Å². The van der Waals surface area contributed by atoms with E-state index in [1.165, 1.54) is 29.1 Å². The van der Waals surface area contributed by atoms with Crippen molar-refractivity contribution < 1.29 is 32.5 Å². The molecule has 1 saturated heterocycles. The lowest BCUT2D eigenvalue weighted by molar-refractivity contribution is 0.0697. The predicted molar refractivity (Wildman–Crippen MR) is 173 cm³/mol. The number of ether oxygens (including phenoxy) is 2. The number of aromatic nitrogens is 6. The Balaban J connectivity index is 1.14. The molecule has 1 fully saturated rings. The maximum Gasteiger partial charge on any atom is 0.335 e. The fraction of sp³-hybridized carbons (Fsp3) is 0.250. The Labute approximate surface area is 278 Å². The molecular weight excluding hydrogens is 637 g/mol. The number of rotatable bonds is 9. The van der Waals surface area contributed by atoms with E-state index in [2.05, 4.69) is 15.3 Å². The number of carboxylic acid groups (broad SMARTS) is 1. The van der Waals surface area contributed by atoms with Gasteiger partial charge in [0.1, 0.15) is 29.9 Å². The van der Waals surface area contributed by atoms with Crippen LogP contribution in [0.25, 0.3) is 33.5 Å². The van der Waals surface area contributed by atoms with Crippen molar-refractivity contribution >= 4 is 17.0 Å². The Morgan fingerprint density at radius 2 is 1.82 bits per heavy atom. The van der Waals surface area contributed by atoms with E-state index >= 15 is 8.78 Å². The molecule has 250 valence electrons. The molecule has 3 aromatic carbocycles. The topological polar surface area (TPSA) is 117 Å². The number of pyridine rings is 1. The summed E-state index contributed by atoms with van der Waals surface area (Å²) in [6, 6.07) is 16.0. The molecule has 0 saturated carbocycles. The highest BCUT2D eigenvalue weighted by Gasteiger charge is 2.39. The molecule has 1 aliphatic rings. The number of halogens is 3. The number of benzene rings is 3. The number of carbonyl (C=O) groups is 1. The predicted octanol–water partition coefficient (Wildman–Crippen LogP) is 6.78. The van der Waals surface area contributed by atoms with Crippen LogP contribution in [0.4, 0.5) is 13.2 Å². The van der Waals surface area contributed by atoms with Crippen LogP contribution in [0.3, 0.4) is 0 Å². The SMILES string of the molecule is Cn1nncc1-c1ccc(COc2cccc(-c3cc(F)c(Cc4nc5ccc(C(=O)O)cc5n4C4COCC4(C)C)cc3F)n2)c(F)c1. The number of fused-ring (bicyclic) bond motifs is 1. The van der Waals surface area contributed by atoms with Gasteiger partial charge in [-0.05, 0) is 48.0 Å². The van der Waals surface area contributed by atoms with Gasteiger partial charge < -0.3 is 19.1 Å². The summed E-state index contributed by atoms with van der Waals surface area (Å²) in [6.07, 6.45) is 1.49. The Morgan fingerprint density at radius 1 is 1.00 bits per heavy atom. The fourth-order valence-corrected chi connectivity index (χ4v) is 6.19. The Bertz CT molecular complexity index is 2230. The van der Waals surface area contributed by atoms with Gasteiger partial charge in [-0.15, -0.1) is 5.10 Å². The quantitative estimate of drug-likeness (QED) is 0.179. The van der Waals surface area contributed by atoms with E-state index in [-0.39, 0.29) is 58.3 Å². The number of aryl methyl sites for hydroxylation is 1. The van der Waals surface area contributed by atoms with Gasteiger partial charge in [-0.1, -0.05) is 37.3 Å². The molecular formula is C36H31F3N6O4. The van der Waals surface area contributed by atoms with Gasteiger partial charge in [0.05, 0.1) is 53.4 Å². The van der Waals surface area contributed by atoms with Crippen LogP contribution >= 0.6 is 0 Å². The minimum absolute atomic E-state index is 0.0509. The summed E-state index contributed by atoms with van der Waals surface area (Å²) >= 11 is 0. The molecule has 1 aliphatic heterocycles. The van der Waals surface area contributed by atoms with Crippen LogP contribution in [0.2, 0.25) is 0 Å². The molecule has 0 spiro atoms. The lowest BCUT2D eigenvalue weighted by atomic mass is 9.87. The third-order valence-corrected chi connectivity index (χ3v) is 8.90. The van der Waals surface area contributed by atoms with Crippen LogP contribution in [0.5, 0.6) is 5.88 Å². The molecule has 4 heterocycles. The second-order valence-electron chi connectivity index (χ2n) is 12.7. The lowest BCUT2D eigenvalue weighted by Gasteiger charge is -2.28. The van der Waals surface area contributed by atoms with E-state index < -0.39 is 23.4 Å². The zero-order valence-electron chi connectivity index (χ0n) is 26.8. The van der Waals surface area contributed by atoms with Crippen LogP contribution in [0.15, 0.2) is 72.9 Å². The van der Waals surface area contributed by atoms with Crippen molar-refractivity contribution in [2.45, 2.75) is 32.9 Å². The second kappa shape index (κ2) is 12.5. The maximum atomic E-state index is 15.7. The fourth-order valence-electron chi connectivity index (χ4n) is 6.19. The highest BCUT2D eigenvalue weighted by Crippen LogP contribution is 2.40. The largest absolute Gasteiger partial charge is 0.478 e. The van der Waals surface area contributed by atoms with Crippen molar-refractivity contribution in [1.82, 2.24) is 29.5 Å². The standard InChI is InChI=1S/C36H31F3N6O4/c1-36(2)19-48-18-32(36)45-30-13-21(35(46)47)9-10-29(30)41-33(45)14-23-12-27(39)24(15-26(23)38)28-5-4-6-34(42-28)49-17-22-8-7-20(11-25(22)37)31-16-40-43-44(31)3/h4-13,15-16,32H,14,17-19H2,1-3H3,(H,46,47). The Morgan fingerprint density at radius 3 is 2.53 bits per heavy atom. The van der Waals surface area contributed by atoms with E-state index in [1.807, 2.05) is 18.4 Å². The Hall–Kier alpha value is -5.56. The first-order chi connectivity index (χ1) is 23.5. The molecule has 1 atom stereocenters. The number of hydrogen-bond donors (Lipinski definition) is 1. The van der Waals surface area contributed by atoms with Gasteiger partial charge in [-0.25, -0.2) is 32.6 Å². The molecule has 0 radical (unpaired) electrons. The molecule has 1 N–H and O–H groups in total. The lowest BCUT2D eigenvalue weighted by Crippen LogP contribution is -2.27. The van der Waals surface area contributed by atoms with Crippen molar-refractivity contribution in [2.75, 3.05) is 13.2 Å². The van der Waals surface area contributed by atoms with Crippen LogP contribution < -0.4 is 4.74 Å². The smallest absolute Gasteiger partial charge is 0.335 e. The first kappa shape index (κ1) is 32.0. The van der Waals surface area contributed by atoms with Gasteiger partial charge in [-0.2, -0.15) is 0 Å².